The summed E-state index contributed by atoms with van der Waals surface area (Å²) in [4.78, 5) is 11.5. The third-order valence-electron chi connectivity index (χ3n) is 3.86. The van der Waals surface area contributed by atoms with Crippen molar-refractivity contribution in [1.29, 1.82) is 0 Å². The Kier molecular flexibility index (Phi) is 3.71. The summed E-state index contributed by atoms with van der Waals surface area (Å²) in [5.41, 5.74) is 12.0. The highest BCUT2D eigenvalue weighted by atomic mass is 32.1. The largest absolute Gasteiger partial charge is 0.382 e. The van der Waals surface area contributed by atoms with E-state index < -0.39 is 5.91 Å². The molecule has 112 valence electrons. The number of rotatable bonds is 3. The number of hydrogen-bond donors (Lipinski definition) is 3. The fraction of sp³-hybridized carbons (Fsp3) is 0.714. The van der Waals surface area contributed by atoms with Crippen molar-refractivity contribution in [1.82, 2.24) is 4.37 Å². The van der Waals surface area contributed by atoms with E-state index in [2.05, 4.69) is 37.4 Å². The lowest BCUT2D eigenvalue weighted by Crippen LogP contribution is -2.40. The topological polar surface area (TPSA) is 94.0 Å². The van der Waals surface area contributed by atoms with E-state index in [0.717, 1.165) is 12.8 Å². The first-order valence-electron chi connectivity index (χ1n) is 6.91. The van der Waals surface area contributed by atoms with Crippen LogP contribution in [0.5, 0.6) is 0 Å². The minimum atomic E-state index is -0.520. The maximum Gasteiger partial charge on any atom is 0.255 e. The number of anilines is 2. The molecule has 20 heavy (non-hydrogen) atoms. The third kappa shape index (κ3) is 3.23. The molecule has 0 bridgehead atoms. The second-order valence-electron chi connectivity index (χ2n) is 7.39. The van der Waals surface area contributed by atoms with Crippen LogP contribution in [0.15, 0.2) is 0 Å². The molecule has 0 spiro atoms. The van der Waals surface area contributed by atoms with Gasteiger partial charge in [0.15, 0.2) is 5.82 Å². The molecule has 1 aromatic rings. The van der Waals surface area contributed by atoms with Crippen LogP contribution in [0.1, 0.15) is 57.3 Å². The third-order valence-corrected chi connectivity index (χ3v) is 4.65. The van der Waals surface area contributed by atoms with Crippen molar-refractivity contribution < 1.29 is 4.79 Å². The number of nitrogens with one attached hydrogen (secondary N) is 1. The van der Waals surface area contributed by atoms with Crippen molar-refractivity contribution in [3.63, 3.8) is 0 Å². The SMILES string of the molecule is CC1(C)CC(Nc2snc(N)c2C(N)=O)CC(C)(C)C1. The molecule has 1 aromatic heterocycles. The van der Waals surface area contributed by atoms with Crippen LogP contribution in [0.2, 0.25) is 0 Å². The second kappa shape index (κ2) is 4.91. The summed E-state index contributed by atoms with van der Waals surface area (Å²) in [6, 6.07) is 0.312. The molecule has 1 aliphatic carbocycles. The smallest absolute Gasteiger partial charge is 0.255 e. The van der Waals surface area contributed by atoms with Crippen LogP contribution in [0.25, 0.3) is 0 Å². The number of nitrogen functional groups attached to an aromatic ring is 1. The van der Waals surface area contributed by atoms with Gasteiger partial charge in [0, 0.05) is 6.04 Å². The van der Waals surface area contributed by atoms with E-state index in [1.54, 1.807) is 0 Å². The van der Waals surface area contributed by atoms with Gasteiger partial charge in [-0.2, -0.15) is 4.37 Å². The molecule has 0 unspecified atom stereocenters. The maximum atomic E-state index is 11.5. The van der Waals surface area contributed by atoms with Gasteiger partial charge in [0.25, 0.3) is 5.91 Å². The van der Waals surface area contributed by atoms with Crippen molar-refractivity contribution in [3.05, 3.63) is 5.56 Å². The molecular formula is C14H24N4OS. The van der Waals surface area contributed by atoms with E-state index in [-0.39, 0.29) is 16.6 Å². The predicted octanol–water partition coefficient (Wildman–Crippen LogP) is 2.84. The minimum Gasteiger partial charge on any atom is -0.382 e. The molecule has 1 heterocycles. The predicted molar refractivity (Wildman–Crippen MR) is 83.9 cm³/mol. The summed E-state index contributed by atoms with van der Waals surface area (Å²) in [6.45, 7) is 9.16. The van der Waals surface area contributed by atoms with Crippen molar-refractivity contribution in [2.24, 2.45) is 16.6 Å². The molecule has 5 nitrogen and oxygen atoms in total. The number of nitrogens with two attached hydrogens (primary N) is 2. The van der Waals surface area contributed by atoms with E-state index >= 15 is 0 Å². The molecule has 0 radical (unpaired) electrons. The molecule has 0 atom stereocenters. The monoisotopic (exact) mass is 296 g/mol. The molecule has 2 rings (SSSR count). The highest BCUT2D eigenvalue weighted by molar-refractivity contribution is 7.11. The van der Waals surface area contributed by atoms with Crippen LogP contribution < -0.4 is 16.8 Å². The van der Waals surface area contributed by atoms with Gasteiger partial charge in [-0.25, -0.2) is 0 Å². The summed E-state index contributed by atoms with van der Waals surface area (Å²) < 4.78 is 4.03. The molecule has 1 fully saturated rings. The Morgan fingerprint density at radius 3 is 2.35 bits per heavy atom. The summed E-state index contributed by atoms with van der Waals surface area (Å²) in [7, 11) is 0. The molecule has 0 saturated heterocycles. The minimum absolute atomic E-state index is 0.222. The second-order valence-corrected chi connectivity index (χ2v) is 8.16. The normalized spacial score (nSPS) is 21.6. The number of amides is 1. The lowest BCUT2D eigenvalue weighted by Gasteiger charge is -2.45. The average molecular weight is 296 g/mol. The lowest BCUT2D eigenvalue weighted by molar-refractivity contribution is 0.100. The van der Waals surface area contributed by atoms with Crippen LogP contribution in [0.4, 0.5) is 10.8 Å². The zero-order valence-corrected chi connectivity index (χ0v) is 13.4. The Labute approximate surface area is 124 Å². The zero-order chi connectivity index (χ0) is 15.1. The summed E-state index contributed by atoms with van der Waals surface area (Å²) in [5.74, 6) is -0.299. The quantitative estimate of drug-likeness (QED) is 0.799. The Morgan fingerprint density at radius 1 is 1.30 bits per heavy atom. The molecule has 6 heteroatoms. The van der Waals surface area contributed by atoms with Crippen LogP contribution in [0, 0.1) is 10.8 Å². The lowest BCUT2D eigenvalue weighted by atomic mass is 9.63. The van der Waals surface area contributed by atoms with Gasteiger partial charge in [-0.15, -0.1) is 0 Å². The molecule has 0 aromatic carbocycles. The Balaban J connectivity index is 2.20. The Morgan fingerprint density at radius 2 is 1.85 bits per heavy atom. The van der Waals surface area contributed by atoms with Crippen molar-refractivity contribution >= 4 is 28.3 Å². The highest BCUT2D eigenvalue weighted by Crippen LogP contribution is 2.46. The van der Waals surface area contributed by atoms with Gasteiger partial charge >= 0.3 is 0 Å². The highest BCUT2D eigenvalue weighted by Gasteiger charge is 2.38. The maximum absolute atomic E-state index is 11.5. The van der Waals surface area contributed by atoms with Gasteiger partial charge < -0.3 is 16.8 Å². The van der Waals surface area contributed by atoms with Gasteiger partial charge in [0.05, 0.1) is 0 Å². The Bertz CT molecular complexity index is 505. The van der Waals surface area contributed by atoms with Crippen molar-refractivity contribution in [2.45, 2.75) is 53.0 Å². The summed E-state index contributed by atoms with van der Waals surface area (Å²) in [6.07, 6.45) is 3.32. The Hall–Kier alpha value is -1.30. The molecule has 1 saturated carbocycles. The standard InChI is InChI=1S/C14H24N4OS/c1-13(2)5-8(6-14(3,4)7-13)17-12-9(11(16)19)10(15)18-20-12/h8,17H,5-7H2,1-4H3,(H2,15,18)(H2,16,19). The number of hydrogen-bond acceptors (Lipinski definition) is 5. The van der Waals surface area contributed by atoms with E-state index in [1.807, 2.05) is 0 Å². The molecule has 0 aliphatic heterocycles. The van der Waals surface area contributed by atoms with Gasteiger partial charge in [0.1, 0.15) is 10.6 Å². The van der Waals surface area contributed by atoms with E-state index in [4.69, 9.17) is 11.5 Å². The van der Waals surface area contributed by atoms with Crippen molar-refractivity contribution in [2.75, 3.05) is 11.1 Å². The first-order valence-corrected chi connectivity index (χ1v) is 7.68. The number of aromatic nitrogens is 1. The van der Waals surface area contributed by atoms with E-state index in [0.29, 0.717) is 16.6 Å². The number of nitrogens with zero attached hydrogens (tertiary/aromatic N) is 1. The summed E-state index contributed by atoms with van der Waals surface area (Å²) in [5, 5.41) is 4.14. The summed E-state index contributed by atoms with van der Waals surface area (Å²) >= 11 is 1.21. The number of carbonyl (C=O) groups is 1. The van der Waals surface area contributed by atoms with Gasteiger partial charge in [-0.1, -0.05) is 27.7 Å². The van der Waals surface area contributed by atoms with Crippen LogP contribution in [-0.2, 0) is 0 Å². The first kappa shape index (κ1) is 15.1. The molecule has 1 aliphatic rings. The van der Waals surface area contributed by atoms with Crippen molar-refractivity contribution in [3.8, 4) is 0 Å². The van der Waals surface area contributed by atoms with Crippen LogP contribution in [-0.4, -0.2) is 16.3 Å². The zero-order valence-electron chi connectivity index (χ0n) is 12.6. The van der Waals surface area contributed by atoms with Crippen LogP contribution in [0.3, 0.4) is 0 Å². The van der Waals surface area contributed by atoms with Crippen LogP contribution >= 0.6 is 11.5 Å². The average Bonchev–Trinajstić information content (AvgIpc) is 2.54. The fourth-order valence-electron chi connectivity index (χ4n) is 3.77. The molecular weight excluding hydrogens is 272 g/mol. The van der Waals surface area contributed by atoms with Gasteiger partial charge in [-0.3, -0.25) is 4.79 Å². The van der Waals surface area contributed by atoms with Gasteiger partial charge in [0.2, 0.25) is 0 Å². The number of primary amides is 1. The first-order chi connectivity index (χ1) is 9.10. The molecule has 1 amide bonds. The number of carbonyl (C=O) groups excluding carboxylic acids is 1. The van der Waals surface area contributed by atoms with E-state index in [9.17, 15) is 4.79 Å². The van der Waals surface area contributed by atoms with E-state index in [1.165, 1.54) is 18.0 Å². The fourth-order valence-corrected chi connectivity index (χ4v) is 4.57. The molecule has 5 N–H and O–H groups in total. The van der Waals surface area contributed by atoms with Gasteiger partial charge in [-0.05, 0) is 41.6 Å².